The number of hydrogen-bond donors (Lipinski definition) is 0. The van der Waals surface area contributed by atoms with Gasteiger partial charge >= 0.3 is 0 Å². The second-order valence-corrected chi connectivity index (χ2v) is 5.19. The Labute approximate surface area is 102 Å². The van der Waals surface area contributed by atoms with Crippen LogP contribution >= 0.6 is 0 Å². The fourth-order valence-corrected chi connectivity index (χ4v) is 2.92. The van der Waals surface area contributed by atoms with Crippen molar-refractivity contribution in [3.63, 3.8) is 0 Å². The van der Waals surface area contributed by atoms with Crippen molar-refractivity contribution in [1.29, 1.82) is 0 Å². The lowest BCUT2D eigenvalue weighted by atomic mass is 10.0. The molecule has 0 radical (unpaired) electrons. The minimum Gasteiger partial charge on any atom is -0.329 e. The second kappa shape index (κ2) is 3.84. The summed E-state index contributed by atoms with van der Waals surface area (Å²) in [5, 5.41) is 0. The van der Waals surface area contributed by atoms with E-state index < -0.39 is 0 Å². The SMILES string of the molecule is CC(C)N1CCN2C(=O)c3ccccc3C2C1. The van der Waals surface area contributed by atoms with Crippen molar-refractivity contribution >= 4 is 5.91 Å². The topological polar surface area (TPSA) is 23.6 Å². The molecule has 1 saturated heterocycles. The highest BCUT2D eigenvalue weighted by molar-refractivity contribution is 5.99. The van der Waals surface area contributed by atoms with E-state index in [0.717, 1.165) is 25.2 Å². The number of carbonyl (C=O) groups is 1. The average Bonchev–Trinajstić information content (AvgIpc) is 2.64. The normalized spacial score (nSPS) is 24.1. The monoisotopic (exact) mass is 230 g/mol. The zero-order valence-corrected chi connectivity index (χ0v) is 10.4. The number of piperazine rings is 1. The van der Waals surface area contributed by atoms with Crippen LogP contribution in [0.15, 0.2) is 24.3 Å². The molecule has 1 fully saturated rings. The number of amides is 1. The first kappa shape index (κ1) is 10.8. The van der Waals surface area contributed by atoms with E-state index in [9.17, 15) is 4.79 Å². The molecular weight excluding hydrogens is 212 g/mol. The van der Waals surface area contributed by atoms with Crippen LogP contribution in [0.4, 0.5) is 0 Å². The van der Waals surface area contributed by atoms with Crippen molar-refractivity contribution in [3.8, 4) is 0 Å². The minimum atomic E-state index is 0.217. The Kier molecular flexibility index (Phi) is 2.44. The van der Waals surface area contributed by atoms with Crippen molar-refractivity contribution in [2.75, 3.05) is 19.6 Å². The molecule has 2 aliphatic rings. The van der Waals surface area contributed by atoms with Gasteiger partial charge in [-0.3, -0.25) is 9.69 Å². The molecule has 1 atom stereocenters. The van der Waals surface area contributed by atoms with E-state index in [1.165, 1.54) is 5.56 Å². The molecule has 0 aliphatic carbocycles. The number of hydrogen-bond acceptors (Lipinski definition) is 2. The van der Waals surface area contributed by atoms with Crippen LogP contribution in [-0.2, 0) is 0 Å². The highest BCUT2D eigenvalue weighted by Gasteiger charge is 2.40. The van der Waals surface area contributed by atoms with Crippen molar-refractivity contribution in [2.24, 2.45) is 0 Å². The molecule has 2 aliphatic heterocycles. The number of fused-ring (bicyclic) bond motifs is 3. The highest BCUT2D eigenvalue weighted by atomic mass is 16.2. The lowest BCUT2D eigenvalue weighted by Gasteiger charge is -2.39. The predicted molar refractivity (Wildman–Crippen MR) is 66.9 cm³/mol. The number of benzene rings is 1. The van der Waals surface area contributed by atoms with E-state index in [2.05, 4.69) is 24.8 Å². The summed E-state index contributed by atoms with van der Waals surface area (Å²) < 4.78 is 0. The van der Waals surface area contributed by atoms with Crippen LogP contribution in [0.2, 0.25) is 0 Å². The Hall–Kier alpha value is -1.35. The zero-order chi connectivity index (χ0) is 12.0. The van der Waals surface area contributed by atoms with E-state index in [4.69, 9.17) is 0 Å². The third-order valence-electron chi connectivity index (χ3n) is 3.95. The quantitative estimate of drug-likeness (QED) is 0.735. The second-order valence-electron chi connectivity index (χ2n) is 5.19. The van der Waals surface area contributed by atoms with E-state index >= 15 is 0 Å². The van der Waals surface area contributed by atoms with Gasteiger partial charge in [-0.2, -0.15) is 0 Å². The molecule has 0 N–H and O–H groups in total. The Morgan fingerprint density at radius 2 is 2.00 bits per heavy atom. The summed E-state index contributed by atoms with van der Waals surface area (Å²) in [6, 6.07) is 8.87. The lowest BCUT2D eigenvalue weighted by Crippen LogP contribution is -2.49. The summed E-state index contributed by atoms with van der Waals surface area (Å²) in [7, 11) is 0. The van der Waals surface area contributed by atoms with Gasteiger partial charge in [0.15, 0.2) is 0 Å². The first-order valence-corrected chi connectivity index (χ1v) is 6.32. The maximum absolute atomic E-state index is 12.2. The molecule has 1 amide bonds. The molecule has 17 heavy (non-hydrogen) atoms. The van der Waals surface area contributed by atoms with Crippen LogP contribution in [0.5, 0.6) is 0 Å². The molecule has 3 nitrogen and oxygen atoms in total. The van der Waals surface area contributed by atoms with Gasteiger partial charge in [0.05, 0.1) is 6.04 Å². The zero-order valence-electron chi connectivity index (χ0n) is 10.4. The Balaban J connectivity index is 1.95. The van der Waals surface area contributed by atoms with Gasteiger partial charge in [-0.1, -0.05) is 18.2 Å². The molecule has 0 aromatic heterocycles. The van der Waals surface area contributed by atoms with E-state index in [1.807, 2.05) is 23.1 Å². The Morgan fingerprint density at radius 1 is 1.24 bits per heavy atom. The molecule has 1 aromatic carbocycles. The number of carbonyl (C=O) groups excluding carboxylic acids is 1. The Bertz CT molecular complexity index is 455. The van der Waals surface area contributed by atoms with Gasteiger partial charge in [-0.15, -0.1) is 0 Å². The third kappa shape index (κ3) is 1.57. The van der Waals surface area contributed by atoms with Crippen LogP contribution < -0.4 is 0 Å². The molecule has 3 heteroatoms. The molecule has 1 unspecified atom stereocenters. The van der Waals surface area contributed by atoms with Crippen molar-refractivity contribution in [3.05, 3.63) is 35.4 Å². The maximum Gasteiger partial charge on any atom is 0.254 e. The van der Waals surface area contributed by atoms with Gasteiger partial charge in [0.25, 0.3) is 5.91 Å². The minimum absolute atomic E-state index is 0.217. The van der Waals surface area contributed by atoms with Gasteiger partial charge in [-0.05, 0) is 25.5 Å². The molecule has 0 bridgehead atoms. The van der Waals surface area contributed by atoms with Crippen LogP contribution in [0.25, 0.3) is 0 Å². The summed E-state index contributed by atoms with van der Waals surface area (Å²) in [6.07, 6.45) is 0. The summed E-state index contributed by atoms with van der Waals surface area (Å²) >= 11 is 0. The predicted octanol–water partition coefficient (Wildman–Crippen LogP) is 1.91. The van der Waals surface area contributed by atoms with Crippen LogP contribution in [0.3, 0.4) is 0 Å². The van der Waals surface area contributed by atoms with Gasteiger partial charge in [-0.25, -0.2) is 0 Å². The summed E-state index contributed by atoms with van der Waals surface area (Å²) in [5.74, 6) is 0.217. The van der Waals surface area contributed by atoms with Crippen molar-refractivity contribution in [2.45, 2.75) is 25.9 Å². The van der Waals surface area contributed by atoms with Crippen LogP contribution in [0, 0.1) is 0 Å². The van der Waals surface area contributed by atoms with Gasteiger partial charge in [0, 0.05) is 31.2 Å². The van der Waals surface area contributed by atoms with E-state index in [0.29, 0.717) is 6.04 Å². The molecular formula is C14H18N2O. The fraction of sp³-hybridized carbons (Fsp3) is 0.500. The fourth-order valence-electron chi connectivity index (χ4n) is 2.92. The van der Waals surface area contributed by atoms with E-state index in [1.54, 1.807) is 0 Å². The molecule has 0 spiro atoms. The first-order chi connectivity index (χ1) is 8.18. The number of nitrogens with zero attached hydrogens (tertiary/aromatic N) is 2. The third-order valence-corrected chi connectivity index (χ3v) is 3.95. The maximum atomic E-state index is 12.2. The molecule has 2 heterocycles. The van der Waals surface area contributed by atoms with Crippen molar-refractivity contribution < 1.29 is 4.79 Å². The summed E-state index contributed by atoms with van der Waals surface area (Å²) in [5.41, 5.74) is 2.12. The van der Waals surface area contributed by atoms with Gasteiger partial charge in [0.2, 0.25) is 0 Å². The van der Waals surface area contributed by atoms with Gasteiger partial charge < -0.3 is 4.90 Å². The highest BCUT2D eigenvalue weighted by Crippen LogP contribution is 2.36. The van der Waals surface area contributed by atoms with Crippen LogP contribution in [0.1, 0.15) is 35.8 Å². The summed E-state index contributed by atoms with van der Waals surface area (Å²) in [4.78, 5) is 16.7. The lowest BCUT2D eigenvalue weighted by molar-refractivity contribution is 0.0458. The van der Waals surface area contributed by atoms with Crippen molar-refractivity contribution in [1.82, 2.24) is 9.80 Å². The van der Waals surface area contributed by atoms with Gasteiger partial charge in [0.1, 0.15) is 0 Å². The van der Waals surface area contributed by atoms with Crippen LogP contribution in [-0.4, -0.2) is 41.4 Å². The molecule has 90 valence electrons. The molecule has 3 rings (SSSR count). The average molecular weight is 230 g/mol. The molecule has 1 aromatic rings. The van der Waals surface area contributed by atoms with E-state index in [-0.39, 0.29) is 11.9 Å². The number of rotatable bonds is 1. The summed E-state index contributed by atoms with van der Waals surface area (Å²) in [6.45, 7) is 7.27. The standard InChI is InChI=1S/C14H18N2O/c1-10(2)15-7-8-16-13(9-15)11-5-3-4-6-12(11)14(16)17/h3-6,10,13H,7-9H2,1-2H3. The smallest absolute Gasteiger partial charge is 0.254 e. The molecule has 0 saturated carbocycles. The largest absolute Gasteiger partial charge is 0.329 e. The first-order valence-electron chi connectivity index (χ1n) is 6.32. The Morgan fingerprint density at radius 3 is 2.76 bits per heavy atom.